The van der Waals surface area contributed by atoms with E-state index in [1.165, 1.54) is 12.1 Å². The standard InChI is InChI=1S/C17H18FNO2/c1-3-15(21-16-10-5-4-9-14(16)18)17(20)19-13-8-6-7-12(2)11-13/h4-11,15H,3H2,1-2H3,(H,19,20)/t15-/m1/s1. The third kappa shape index (κ3) is 4.05. The molecule has 2 aromatic carbocycles. The minimum absolute atomic E-state index is 0.0868. The zero-order valence-corrected chi connectivity index (χ0v) is 12.1. The molecule has 110 valence electrons. The molecule has 1 N–H and O–H groups in total. The van der Waals surface area contributed by atoms with E-state index >= 15 is 0 Å². The van der Waals surface area contributed by atoms with Crippen LogP contribution in [0.3, 0.4) is 0 Å². The number of hydrogen-bond donors (Lipinski definition) is 1. The first-order chi connectivity index (χ1) is 10.1. The second-order valence-corrected chi connectivity index (χ2v) is 4.80. The number of ether oxygens (including phenoxy) is 1. The molecular weight excluding hydrogens is 269 g/mol. The van der Waals surface area contributed by atoms with Gasteiger partial charge in [-0.3, -0.25) is 4.79 Å². The quantitative estimate of drug-likeness (QED) is 0.905. The molecule has 0 saturated carbocycles. The zero-order valence-electron chi connectivity index (χ0n) is 12.1. The molecule has 4 heteroatoms. The highest BCUT2D eigenvalue weighted by Crippen LogP contribution is 2.19. The summed E-state index contributed by atoms with van der Waals surface area (Å²) in [5, 5.41) is 2.79. The number of carbonyl (C=O) groups excluding carboxylic acids is 1. The van der Waals surface area contributed by atoms with Gasteiger partial charge in [0.25, 0.3) is 5.91 Å². The van der Waals surface area contributed by atoms with Gasteiger partial charge in [0.2, 0.25) is 0 Å². The zero-order chi connectivity index (χ0) is 15.2. The molecule has 3 nitrogen and oxygen atoms in total. The van der Waals surface area contributed by atoms with Gasteiger partial charge in [-0.25, -0.2) is 4.39 Å². The number of anilines is 1. The van der Waals surface area contributed by atoms with Crippen molar-refractivity contribution >= 4 is 11.6 Å². The van der Waals surface area contributed by atoms with Gasteiger partial charge in [-0.05, 0) is 43.2 Å². The van der Waals surface area contributed by atoms with E-state index in [0.717, 1.165) is 5.56 Å². The van der Waals surface area contributed by atoms with Crippen LogP contribution in [0.4, 0.5) is 10.1 Å². The lowest BCUT2D eigenvalue weighted by Gasteiger charge is -2.17. The Morgan fingerprint density at radius 1 is 1.24 bits per heavy atom. The van der Waals surface area contributed by atoms with E-state index in [1.54, 1.807) is 18.2 Å². The third-order valence-corrected chi connectivity index (χ3v) is 3.05. The Bertz CT molecular complexity index is 628. The van der Waals surface area contributed by atoms with E-state index < -0.39 is 11.9 Å². The lowest BCUT2D eigenvalue weighted by atomic mass is 10.2. The third-order valence-electron chi connectivity index (χ3n) is 3.05. The summed E-state index contributed by atoms with van der Waals surface area (Å²) >= 11 is 0. The molecule has 0 aliphatic rings. The number of rotatable bonds is 5. The van der Waals surface area contributed by atoms with Crippen molar-refractivity contribution in [3.05, 3.63) is 59.9 Å². The summed E-state index contributed by atoms with van der Waals surface area (Å²) < 4.78 is 19.0. The Morgan fingerprint density at radius 3 is 2.67 bits per heavy atom. The Kier molecular flexibility index (Phi) is 4.93. The Balaban J connectivity index is 2.07. The SMILES string of the molecule is CC[C@@H](Oc1ccccc1F)C(=O)Nc1cccc(C)c1. The second-order valence-electron chi connectivity index (χ2n) is 4.80. The summed E-state index contributed by atoms with van der Waals surface area (Å²) in [6, 6.07) is 13.6. The van der Waals surface area contributed by atoms with Crippen LogP contribution in [0, 0.1) is 12.7 Å². The van der Waals surface area contributed by atoms with E-state index in [1.807, 2.05) is 32.0 Å². The molecule has 0 aliphatic carbocycles. The van der Waals surface area contributed by atoms with Crippen LogP contribution in [0.1, 0.15) is 18.9 Å². The van der Waals surface area contributed by atoms with Crippen molar-refractivity contribution in [3.63, 3.8) is 0 Å². The molecule has 2 aromatic rings. The van der Waals surface area contributed by atoms with Crippen molar-refractivity contribution in [2.45, 2.75) is 26.4 Å². The number of nitrogens with one attached hydrogen (secondary N) is 1. The predicted molar refractivity (Wildman–Crippen MR) is 80.9 cm³/mol. The van der Waals surface area contributed by atoms with E-state index in [2.05, 4.69) is 5.32 Å². The Labute approximate surface area is 123 Å². The van der Waals surface area contributed by atoms with E-state index in [-0.39, 0.29) is 11.7 Å². The first-order valence-corrected chi connectivity index (χ1v) is 6.89. The molecule has 0 aromatic heterocycles. The highest BCUT2D eigenvalue weighted by atomic mass is 19.1. The summed E-state index contributed by atoms with van der Waals surface area (Å²) in [7, 11) is 0. The normalized spacial score (nSPS) is 11.8. The van der Waals surface area contributed by atoms with E-state index in [0.29, 0.717) is 12.1 Å². The molecule has 1 amide bonds. The van der Waals surface area contributed by atoms with Gasteiger partial charge in [0.15, 0.2) is 17.7 Å². The fraction of sp³-hybridized carbons (Fsp3) is 0.235. The summed E-state index contributed by atoms with van der Waals surface area (Å²) in [5.74, 6) is -0.672. The number of carbonyl (C=O) groups is 1. The summed E-state index contributed by atoms with van der Waals surface area (Å²) in [5.41, 5.74) is 1.76. The van der Waals surface area contributed by atoms with E-state index in [9.17, 15) is 9.18 Å². The highest BCUT2D eigenvalue weighted by molar-refractivity contribution is 5.94. The van der Waals surface area contributed by atoms with Gasteiger partial charge in [-0.2, -0.15) is 0 Å². The number of halogens is 1. The fourth-order valence-electron chi connectivity index (χ4n) is 1.96. The maximum absolute atomic E-state index is 13.6. The molecule has 2 rings (SSSR count). The minimum atomic E-state index is -0.734. The van der Waals surface area contributed by atoms with Crippen LogP contribution in [-0.2, 0) is 4.79 Å². The van der Waals surface area contributed by atoms with Crippen LogP contribution < -0.4 is 10.1 Å². The van der Waals surface area contributed by atoms with Crippen molar-refractivity contribution < 1.29 is 13.9 Å². The van der Waals surface area contributed by atoms with Crippen molar-refractivity contribution in [3.8, 4) is 5.75 Å². The largest absolute Gasteiger partial charge is 0.478 e. The van der Waals surface area contributed by atoms with Gasteiger partial charge in [0.05, 0.1) is 0 Å². The molecule has 0 saturated heterocycles. The molecule has 0 heterocycles. The van der Waals surface area contributed by atoms with Crippen molar-refractivity contribution in [2.75, 3.05) is 5.32 Å². The number of amides is 1. The monoisotopic (exact) mass is 287 g/mol. The summed E-state index contributed by atoms with van der Waals surface area (Å²) in [6.07, 6.45) is -0.283. The molecule has 0 spiro atoms. The molecule has 21 heavy (non-hydrogen) atoms. The number of aryl methyl sites for hydroxylation is 1. The smallest absolute Gasteiger partial charge is 0.265 e. The van der Waals surface area contributed by atoms with Gasteiger partial charge in [-0.15, -0.1) is 0 Å². The first-order valence-electron chi connectivity index (χ1n) is 6.89. The average molecular weight is 287 g/mol. The van der Waals surface area contributed by atoms with Crippen LogP contribution in [0.5, 0.6) is 5.75 Å². The molecule has 0 aliphatic heterocycles. The van der Waals surface area contributed by atoms with Crippen molar-refractivity contribution in [2.24, 2.45) is 0 Å². The molecule has 0 bridgehead atoms. The molecule has 0 fully saturated rings. The predicted octanol–water partition coefficient (Wildman–Crippen LogP) is 3.93. The number of benzene rings is 2. The topological polar surface area (TPSA) is 38.3 Å². The fourth-order valence-corrected chi connectivity index (χ4v) is 1.96. The lowest BCUT2D eigenvalue weighted by Crippen LogP contribution is -2.32. The van der Waals surface area contributed by atoms with Crippen LogP contribution in [0.15, 0.2) is 48.5 Å². The summed E-state index contributed by atoms with van der Waals surface area (Å²) in [6.45, 7) is 3.77. The van der Waals surface area contributed by atoms with Gasteiger partial charge >= 0.3 is 0 Å². The summed E-state index contributed by atoms with van der Waals surface area (Å²) in [4.78, 5) is 12.2. The van der Waals surface area contributed by atoms with E-state index in [4.69, 9.17) is 4.74 Å². The average Bonchev–Trinajstić information content (AvgIpc) is 2.46. The molecule has 1 atom stereocenters. The number of hydrogen-bond acceptors (Lipinski definition) is 2. The van der Waals surface area contributed by atoms with Crippen molar-refractivity contribution in [1.29, 1.82) is 0 Å². The van der Waals surface area contributed by atoms with Crippen LogP contribution in [0.25, 0.3) is 0 Å². The van der Waals surface area contributed by atoms with Gasteiger partial charge in [0.1, 0.15) is 0 Å². The van der Waals surface area contributed by atoms with Crippen molar-refractivity contribution in [1.82, 2.24) is 0 Å². The Hall–Kier alpha value is -2.36. The van der Waals surface area contributed by atoms with Gasteiger partial charge < -0.3 is 10.1 Å². The maximum atomic E-state index is 13.6. The molecule has 0 radical (unpaired) electrons. The van der Waals surface area contributed by atoms with Gasteiger partial charge in [-0.1, -0.05) is 31.2 Å². The van der Waals surface area contributed by atoms with Crippen LogP contribution >= 0.6 is 0 Å². The first kappa shape index (κ1) is 15.0. The van der Waals surface area contributed by atoms with Crippen LogP contribution in [-0.4, -0.2) is 12.0 Å². The Morgan fingerprint density at radius 2 is 2.00 bits per heavy atom. The number of para-hydroxylation sites is 1. The second kappa shape index (κ2) is 6.88. The minimum Gasteiger partial charge on any atom is -0.478 e. The maximum Gasteiger partial charge on any atom is 0.265 e. The van der Waals surface area contributed by atoms with Crippen LogP contribution in [0.2, 0.25) is 0 Å². The highest BCUT2D eigenvalue weighted by Gasteiger charge is 2.19. The lowest BCUT2D eigenvalue weighted by molar-refractivity contribution is -0.122. The van der Waals surface area contributed by atoms with Gasteiger partial charge in [0, 0.05) is 5.69 Å². The molecular formula is C17H18FNO2. The molecule has 0 unspecified atom stereocenters.